The molecule has 3 atom stereocenters. The first-order valence-electron chi connectivity index (χ1n) is 9.13. The lowest BCUT2D eigenvalue weighted by molar-refractivity contribution is 0.0540. The van der Waals surface area contributed by atoms with Gasteiger partial charge in [-0.1, -0.05) is 6.07 Å². The molecule has 2 saturated heterocycles. The van der Waals surface area contributed by atoms with Crippen LogP contribution in [0.3, 0.4) is 0 Å². The zero-order valence-corrected chi connectivity index (χ0v) is 15.1. The average molecular weight is 331 g/mol. The van der Waals surface area contributed by atoms with Gasteiger partial charge in [0.05, 0.1) is 20.8 Å². The van der Waals surface area contributed by atoms with Crippen LogP contribution in [-0.2, 0) is 10.2 Å². The van der Waals surface area contributed by atoms with Crippen LogP contribution in [-0.4, -0.2) is 52.0 Å². The lowest BCUT2D eigenvalue weighted by atomic mass is 9.58. The largest absolute Gasteiger partial charge is 0.493 e. The van der Waals surface area contributed by atoms with Crippen LogP contribution in [0.4, 0.5) is 0 Å². The van der Waals surface area contributed by atoms with Crippen LogP contribution in [0.5, 0.6) is 11.5 Å². The summed E-state index contributed by atoms with van der Waals surface area (Å²) in [5.74, 6) is 1.67. The molecule has 0 amide bonds. The molecular formula is C20H29NO3. The average Bonchev–Trinajstić information content (AvgIpc) is 3.21. The second-order valence-electron chi connectivity index (χ2n) is 7.98. The Balaban J connectivity index is 1.70. The topological polar surface area (TPSA) is 30.9 Å². The Morgan fingerprint density at radius 1 is 1.08 bits per heavy atom. The molecule has 1 saturated carbocycles. The van der Waals surface area contributed by atoms with E-state index in [0.29, 0.717) is 11.5 Å². The van der Waals surface area contributed by atoms with Crippen molar-refractivity contribution >= 4 is 0 Å². The van der Waals surface area contributed by atoms with Crippen LogP contribution < -0.4 is 9.47 Å². The molecule has 0 N–H and O–H groups in total. The number of rotatable bonds is 3. The fraction of sp³-hybridized carbons (Fsp3) is 0.700. The molecule has 1 spiro atoms. The number of likely N-dealkylation sites (N-methyl/N-ethyl adjacent to an activating group) is 1. The van der Waals surface area contributed by atoms with Crippen molar-refractivity contribution in [3.8, 4) is 11.5 Å². The number of hydrogen-bond acceptors (Lipinski definition) is 4. The van der Waals surface area contributed by atoms with Gasteiger partial charge in [-0.05, 0) is 68.8 Å². The van der Waals surface area contributed by atoms with Gasteiger partial charge in [0.25, 0.3) is 0 Å². The van der Waals surface area contributed by atoms with Crippen molar-refractivity contribution in [3.05, 3.63) is 23.8 Å². The summed E-state index contributed by atoms with van der Waals surface area (Å²) in [5.41, 5.74) is 2.09. The van der Waals surface area contributed by atoms with Crippen LogP contribution in [0.1, 0.15) is 37.7 Å². The molecule has 1 aromatic rings. The predicted octanol–water partition coefficient (Wildman–Crippen LogP) is 3.24. The second kappa shape index (κ2) is 5.92. The first kappa shape index (κ1) is 16.2. The highest BCUT2D eigenvalue weighted by molar-refractivity contribution is 5.46. The standard InChI is InChI=1S/C20H29NO3/c1-21-10-8-20(15-4-5-16(22-2)17(12-15)23-3)7-6-19(13-18(20)21)9-11-24-14-19/h4-5,12,18H,6-11,13-14H2,1-3H3. The Morgan fingerprint density at radius 2 is 1.92 bits per heavy atom. The number of likely N-dealkylation sites (tertiary alicyclic amines) is 1. The summed E-state index contributed by atoms with van der Waals surface area (Å²) in [6.07, 6.45) is 6.27. The highest BCUT2D eigenvalue weighted by Gasteiger charge is 2.55. The number of methoxy groups -OCH3 is 2. The van der Waals surface area contributed by atoms with E-state index in [1.165, 1.54) is 44.2 Å². The van der Waals surface area contributed by atoms with Crippen LogP contribution in [0.15, 0.2) is 18.2 Å². The molecule has 3 aliphatic rings. The summed E-state index contributed by atoms with van der Waals surface area (Å²) in [5, 5.41) is 0. The quantitative estimate of drug-likeness (QED) is 0.851. The Kier molecular flexibility index (Phi) is 4.00. The van der Waals surface area contributed by atoms with E-state index in [4.69, 9.17) is 14.2 Å². The van der Waals surface area contributed by atoms with Crippen molar-refractivity contribution < 1.29 is 14.2 Å². The fourth-order valence-corrected chi connectivity index (χ4v) is 5.40. The summed E-state index contributed by atoms with van der Waals surface area (Å²) in [7, 11) is 5.72. The van der Waals surface area contributed by atoms with Crippen LogP contribution in [0.2, 0.25) is 0 Å². The Labute approximate surface area is 145 Å². The smallest absolute Gasteiger partial charge is 0.161 e. The fourth-order valence-electron chi connectivity index (χ4n) is 5.40. The lowest BCUT2D eigenvalue weighted by Crippen LogP contribution is -2.49. The third-order valence-corrected chi connectivity index (χ3v) is 6.95. The highest BCUT2D eigenvalue weighted by Crippen LogP contribution is 2.56. The molecule has 1 aromatic carbocycles. The van der Waals surface area contributed by atoms with Crippen molar-refractivity contribution in [1.29, 1.82) is 0 Å². The zero-order chi connectivity index (χ0) is 16.8. The molecule has 0 aromatic heterocycles. The maximum absolute atomic E-state index is 5.77. The molecule has 2 heterocycles. The van der Waals surface area contributed by atoms with Gasteiger partial charge in [-0.3, -0.25) is 0 Å². The minimum Gasteiger partial charge on any atom is -0.493 e. The molecule has 3 unspecified atom stereocenters. The van der Waals surface area contributed by atoms with Crippen LogP contribution >= 0.6 is 0 Å². The minimum absolute atomic E-state index is 0.252. The summed E-state index contributed by atoms with van der Waals surface area (Å²) in [6, 6.07) is 7.15. The molecule has 4 heteroatoms. The molecular weight excluding hydrogens is 302 g/mol. The Hall–Kier alpha value is -1.26. The normalized spacial score (nSPS) is 36.0. The number of fused-ring (bicyclic) bond motifs is 1. The molecule has 4 rings (SSSR count). The maximum atomic E-state index is 5.77. The number of benzene rings is 1. The first-order chi connectivity index (χ1) is 11.6. The number of hydrogen-bond donors (Lipinski definition) is 0. The van der Waals surface area contributed by atoms with Crippen LogP contribution in [0.25, 0.3) is 0 Å². The summed E-state index contributed by atoms with van der Waals surface area (Å²) in [6.45, 7) is 3.08. The van der Waals surface area contributed by atoms with E-state index in [0.717, 1.165) is 24.7 Å². The second-order valence-corrected chi connectivity index (χ2v) is 7.98. The van der Waals surface area contributed by atoms with E-state index >= 15 is 0 Å². The molecule has 0 bridgehead atoms. The molecule has 24 heavy (non-hydrogen) atoms. The molecule has 3 fully saturated rings. The van der Waals surface area contributed by atoms with Gasteiger partial charge in [-0.25, -0.2) is 0 Å². The molecule has 132 valence electrons. The highest BCUT2D eigenvalue weighted by atomic mass is 16.5. The SMILES string of the molecule is COc1ccc(C23CCN(C)C2CC2(CCOC2)CC3)cc1OC. The lowest BCUT2D eigenvalue weighted by Gasteiger charge is -2.48. The zero-order valence-electron chi connectivity index (χ0n) is 15.1. The van der Waals surface area contributed by atoms with E-state index < -0.39 is 0 Å². The van der Waals surface area contributed by atoms with Crippen molar-refractivity contribution in [1.82, 2.24) is 4.90 Å². The van der Waals surface area contributed by atoms with Gasteiger partial charge < -0.3 is 19.1 Å². The molecule has 0 radical (unpaired) electrons. The van der Waals surface area contributed by atoms with Crippen LogP contribution in [0, 0.1) is 5.41 Å². The van der Waals surface area contributed by atoms with E-state index in [2.05, 4.69) is 30.1 Å². The molecule has 2 aliphatic heterocycles. The molecule has 4 nitrogen and oxygen atoms in total. The third-order valence-electron chi connectivity index (χ3n) is 6.95. The molecule has 1 aliphatic carbocycles. The van der Waals surface area contributed by atoms with Gasteiger partial charge in [0, 0.05) is 18.1 Å². The van der Waals surface area contributed by atoms with Gasteiger partial charge in [0.2, 0.25) is 0 Å². The summed E-state index contributed by atoms with van der Waals surface area (Å²) in [4.78, 5) is 2.58. The monoisotopic (exact) mass is 331 g/mol. The van der Waals surface area contributed by atoms with Gasteiger partial charge >= 0.3 is 0 Å². The van der Waals surface area contributed by atoms with Gasteiger partial charge in [0.15, 0.2) is 11.5 Å². The predicted molar refractivity (Wildman–Crippen MR) is 94.0 cm³/mol. The van der Waals surface area contributed by atoms with Gasteiger partial charge in [-0.2, -0.15) is 0 Å². The van der Waals surface area contributed by atoms with Crippen molar-refractivity contribution in [2.75, 3.05) is 41.0 Å². The number of ether oxygens (including phenoxy) is 3. The van der Waals surface area contributed by atoms with E-state index in [1.54, 1.807) is 14.2 Å². The third kappa shape index (κ3) is 2.34. The first-order valence-corrected chi connectivity index (χ1v) is 9.13. The Morgan fingerprint density at radius 3 is 2.62 bits per heavy atom. The van der Waals surface area contributed by atoms with E-state index in [9.17, 15) is 0 Å². The summed E-state index contributed by atoms with van der Waals surface area (Å²) >= 11 is 0. The van der Waals surface area contributed by atoms with E-state index in [1.807, 2.05) is 0 Å². The maximum Gasteiger partial charge on any atom is 0.161 e. The number of nitrogens with zero attached hydrogens (tertiary/aromatic N) is 1. The van der Waals surface area contributed by atoms with Gasteiger partial charge in [-0.15, -0.1) is 0 Å². The van der Waals surface area contributed by atoms with Crippen molar-refractivity contribution in [2.24, 2.45) is 5.41 Å². The minimum atomic E-state index is 0.252. The van der Waals surface area contributed by atoms with E-state index in [-0.39, 0.29) is 5.41 Å². The summed E-state index contributed by atoms with van der Waals surface area (Å²) < 4.78 is 16.8. The van der Waals surface area contributed by atoms with Gasteiger partial charge in [0.1, 0.15) is 0 Å². The van der Waals surface area contributed by atoms with Crippen molar-refractivity contribution in [3.63, 3.8) is 0 Å². The van der Waals surface area contributed by atoms with Crippen molar-refractivity contribution in [2.45, 2.75) is 43.6 Å². The Bertz CT molecular complexity index is 611.